The van der Waals surface area contributed by atoms with Gasteiger partial charge in [-0.15, -0.1) is 0 Å². The average molecular weight is 666 g/mol. The van der Waals surface area contributed by atoms with Crippen LogP contribution in [-0.2, 0) is 32.6 Å². The highest BCUT2D eigenvalue weighted by atomic mass is 35.5. The maximum atomic E-state index is 14.3. The topological polar surface area (TPSA) is 139 Å². The Bertz CT molecular complexity index is 1590. The van der Waals surface area contributed by atoms with Crippen LogP contribution in [0.25, 0.3) is 0 Å². The van der Waals surface area contributed by atoms with Crippen molar-refractivity contribution in [2.24, 2.45) is 0 Å². The summed E-state index contributed by atoms with van der Waals surface area (Å²) < 4.78 is 32.2. The first-order valence-electron chi connectivity index (χ1n) is 13.6. The largest absolute Gasteiger partial charge is 0.495 e. The van der Waals surface area contributed by atoms with Crippen molar-refractivity contribution < 1.29 is 27.7 Å². The van der Waals surface area contributed by atoms with Crippen molar-refractivity contribution in [1.82, 2.24) is 10.2 Å². The predicted molar refractivity (Wildman–Crippen MR) is 171 cm³/mol. The Labute approximate surface area is 266 Å². The van der Waals surface area contributed by atoms with Crippen molar-refractivity contribution >= 4 is 56.4 Å². The van der Waals surface area contributed by atoms with Gasteiger partial charge in [0.05, 0.1) is 18.3 Å². The van der Waals surface area contributed by atoms with Crippen molar-refractivity contribution in [2.75, 3.05) is 24.2 Å². The van der Waals surface area contributed by atoms with Gasteiger partial charge in [0.15, 0.2) is 0 Å². The normalized spacial score (nSPS) is 12.6. The highest BCUT2D eigenvalue weighted by Crippen LogP contribution is 2.34. The molecule has 44 heavy (non-hydrogen) atoms. The Morgan fingerprint density at radius 2 is 1.68 bits per heavy atom. The summed E-state index contributed by atoms with van der Waals surface area (Å²) in [4.78, 5) is 40.2. The Hall–Kier alpha value is -3.87. The number of halogens is 2. The third-order valence-corrected chi connectivity index (χ3v) is 8.82. The van der Waals surface area contributed by atoms with Gasteiger partial charge in [-0.25, -0.2) is 8.42 Å². The number of non-ortho nitro benzene ring substituents is 1. The Morgan fingerprint density at radius 3 is 2.23 bits per heavy atom. The lowest BCUT2D eigenvalue weighted by Crippen LogP contribution is -2.54. The first-order valence-corrected chi connectivity index (χ1v) is 16.2. The minimum absolute atomic E-state index is 0.00938. The minimum Gasteiger partial charge on any atom is -0.495 e. The first-order chi connectivity index (χ1) is 20.8. The van der Waals surface area contributed by atoms with E-state index in [-0.39, 0.29) is 40.5 Å². The van der Waals surface area contributed by atoms with Crippen LogP contribution in [0.1, 0.15) is 31.4 Å². The van der Waals surface area contributed by atoms with Crippen molar-refractivity contribution in [3.8, 4) is 5.75 Å². The lowest BCUT2D eigenvalue weighted by molar-refractivity contribution is -0.384. The van der Waals surface area contributed by atoms with E-state index in [1.54, 1.807) is 30.3 Å². The molecule has 0 radical (unpaired) electrons. The third kappa shape index (κ3) is 8.84. The fraction of sp³-hybridized carbons (Fsp3) is 0.333. The van der Waals surface area contributed by atoms with Gasteiger partial charge in [-0.05, 0) is 37.1 Å². The van der Waals surface area contributed by atoms with Gasteiger partial charge in [-0.3, -0.25) is 24.0 Å². The predicted octanol–water partition coefficient (Wildman–Crippen LogP) is 5.23. The number of benzene rings is 3. The van der Waals surface area contributed by atoms with E-state index in [0.29, 0.717) is 16.3 Å². The number of amides is 2. The van der Waals surface area contributed by atoms with Crippen LogP contribution in [0.5, 0.6) is 5.75 Å². The minimum atomic E-state index is -4.21. The van der Waals surface area contributed by atoms with Crippen molar-refractivity contribution in [3.05, 3.63) is 98.0 Å². The number of nitrogens with one attached hydrogen (secondary N) is 1. The molecule has 1 N–H and O–H groups in total. The maximum Gasteiger partial charge on any atom is 0.271 e. The number of ether oxygens (including phenoxy) is 1. The number of anilines is 1. The smallest absolute Gasteiger partial charge is 0.271 e. The SMILES string of the molecule is CC[C@H](C)NC(=O)[C@H](Cc1ccccc1)N(Cc1c(Cl)cccc1Cl)C(=O)CN(c1cc([N+](=O)[O-])ccc1OC)S(C)(=O)=O. The molecule has 14 heteroatoms. The molecule has 0 bridgehead atoms. The molecule has 0 unspecified atom stereocenters. The summed E-state index contributed by atoms with van der Waals surface area (Å²) in [5, 5.41) is 14.9. The van der Waals surface area contributed by atoms with E-state index in [9.17, 15) is 28.1 Å². The lowest BCUT2D eigenvalue weighted by Gasteiger charge is -2.34. The van der Waals surface area contributed by atoms with Gasteiger partial charge in [0.1, 0.15) is 24.0 Å². The molecule has 11 nitrogen and oxygen atoms in total. The molecule has 3 aromatic rings. The monoisotopic (exact) mass is 664 g/mol. The van der Waals surface area contributed by atoms with Gasteiger partial charge in [-0.2, -0.15) is 0 Å². The van der Waals surface area contributed by atoms with E-state index in [2.05, 4.69) is 5.32 Å². The molecule has 0 aliphatic rings. The fourth-order valence-corrected chi connectivity index (χ4v) is 5.79. The van der Waals surface area contributed by atoms with E-state index in [4.69, 9.17) is 27.9 Å². The van der Waals surface area contributed by atoms with Crippen molar-refractivity contribution in [3.63, 3.8) is 0 Å². The molecule has 0 spiro atoms. The molecular formula is C30H34Cl2N4O7S. The van der Waals surface area contributed by atoms with Crippen LogP contribution in [0, 0.1) is 10.1 Å². The second-order valence-corrected chi connectivity index (χ2v) is 12.8. The zero-order chi connectivity index (χ0) is 32.6. The second-order valence-electron chi connectivity index (χ2n) is 10.1. The number of rotatable bonds is 14. The molecule has 0 fully saturated rings. The molecule has 0 saturated carbocycles. The van der Waals surface area contributed by atoms with E-state index in [1.807, 2.05) is 32.0 Å². The van der Waals surface area contributed by atoms with Gasteiger partial charge >= 0.3 is 0 Å². The summed E-state index contributed by atoms with van der Waals surface area (Å²) in [6.07, 6.45) is 1.59. The molecule has 2 amide bonds. The number of sulfonamides is 1. The third-order valence-electron chi connectivity index (χ3n) is 6.98. The summed E-state index contributed by atoms with van der Waals surface area (Å²) in [6.45, 7) is 2.70. The van der Waals surface area contributed by atoms with Gasteiger partial charge in [0.2, 0.25) is 21.8 Å². The van der Waals surface area contributed by atoms with E-state index in [1.165, 1.54) is 18.1 Å². The number of methoxy groups -OCH3 is 1. The van der Waals surface area contributed by atoms with E-state index < -0.39 is 45.0 Å². The molecular weight excluding hydrogens is 631 g/mol. The number of hydrogen-bond acceptors (Lipinski definition) is 7. The lowest BCUT2D eigenvalue weighted by atomic mass is 10.0. The van der Waals surface area contributed by atoms with Crippen LogP contribution in [0.15, 0.2) is 66.7 Å². The summed E-state index contributed by atoms with van der Waals surface area (Å²) in [5.41, 5.74) is 0.492. The number of nitrogens with zero attached hydrogens (tertiary/aromatic N) is 3. The average Bonchev–Trinajstić information content (AvgIpc) is 2.98. The number of carbonyl (C=O) groups is 2. The van der Waals surface area contributed by atoms with Crippen LogP contribution < -0.4 is 14.4 Å². The van der Waals surface area contributed by atoms with Crippen LogP contribution >= 0.6 is 23.2 Å². The van der Waals surface area contributed by atoms with Crippen LogP contribution in [0.3, 0.4) is 0 Å². The van der Waals surface area contributed by atoms with Crippen molar-refractivity contribution in [2.45, 2.75) is 45.3 Å². The Morgan fingerprint density at radius 1 is 1.05 bits per heavy atom. The zero-order valence-electron chi connectivity index (χ0n) is 24.7. The number of carbonyl (C=O) groups excluding carboxylic acids is 2. The van der Waals surface area contributed by atoms with Gasteiger partial charge in [0.25, 0.3) is 5.69 Å². The fourth-order valence-electron chi connectivity index (χ4n) is 4.43. The van der Waals surface area contributed by atoms with Crippen LogP contribution in [0.4, 0.5) is 11.4 Å². The summed E-state index contributed by atoms with van der Waals surface area (Å²) in [6, 6.07) is 15.9. The quantitative estimate of drug-likeness (QED) is 0.184. The second kappa shape index (κ2) is 15.2. The number of hydrogen-bond donors (Lipinski definition) is 1. The summed E-state index contributed by atoms with van der Waals surface area (Å²) in [5.74, 6) is -1.25. The standard InChI is InChI=1S/C30H34Cl2N4O7S/c1-5-20(2)33-30(38)27(16-21-10-7-6-8-11-21)34(18-23-24(31)12-9-13-25(23)32)29(37)19-35(44(4,41)42)26-17-22(36(39)40)14-15-28(26)43-3/h6-15,17,20,27H,5,16,18-19H2,1-4H3,(H,33,38)/t20-,27-/m0/s1. The number of nitro groups is 1. The van der Waals surface area contributed by atoms with Gasteiger partial charge < -0.3 is 15.0 Å². The summed E-state index contributed by atoms with van der Waals surface area (Å²) >= 11 is 13.0. The molecule has 0 aliphatic carbocycles. The number of nitro benzene ring substituents is 1. The zero-order valence-corrected chi connectivity index (χ0v) is 27.0. The molecule has 3 aromatic carbocycles. The molecule has 0 heterocycles. The van der Waals surface area contributed by atoms with Crippen LogP contribution in [-0.4, -0.2) is 62.0 Å². The molecule has 3 rings (SSSR count). The molecule has 0 aliphatic heterocycles. The molecule has 2 atom stereocenters. The van der Waals surface area contributed by atoms with E-state index >= 15 is 0 Å². The first kappa shape index (κ1) is 34.6. The van der Waals surface area contributed by atoms with Gasteiger partial charge in [-0.1, -0.05) is 66.5 Å². The highest BCUT2D eigenvalue weighted by Gasteiger charge is 2.35. The Kier molecular flexibility index (Phi) is 12.0. The van der Waals surface area contributed by atoms with E-state index in [0.717, 1.165) is 24.0 Å². The summed E-state index contributed by atoms with van der Waals surface area (Å²) in [7, 11) is -2.94. The van der Waals surface area contributed by atoms with Crippen molar-refractivity contribution in [1.29, 1.82) is 0 Å². The Balaban J connectivity index is 2.18. The van der Waals surface area contributed by atoms with Gasteiger partial charge in [0, 0.05) is 46.7 Å². The highest BCUT2D eigenvalue weighted by molar-refractivity contribution is 7.92. The molecule has 236 valence electrons. The maximum absolute atomic E-state index is 14.3. The molecule has 0 aromatic heterocycles. The van der Waals surface area contributed by atoms with Crippen LogP contribution in [0.2, 0.25) is 10.0 Å². The molecule has 0 saturated heterocycles.